The van der Waals surface area contributed by atoms with Crippen LogP contribution in [-0.4, -0.2) is 29.7 Å². The quantitative estimate of drug-likeness (QED) is 0.641. The molecule has 4 heteroatoms. The van der Waals surface area contributed by atoms with Crippen LogP contribution in [0.4, 0.5) is 0 Å². The van der Waals surface area contributed by atoms with Crippen LogP contribution in [0.5, 0.6) is 0 Å². The van der Waals surface area contributed by atoms with Gasteiger partial charge in [-0.25, -0.2) is 0 Å². The fourth-order valence-corrected chi connectivity index (χ4v) is 1.99. The molecule has 1 fully saturated rings. The van der Waals surface area contributed by atoms with Crippen LogP contribution in [0.25, 0.3) is 0 Å². The molecule has 0 aromatic heterocycles. The van der Waals surface area contributed by atoms with Gasteiger partial charge in [-0.05, 0) is 12.8 Å². The summed E-state index contributed by atoms with van der Waals surface area (Å²) in [6.45, 7) is -0.279. The highest BCUT2D eigenvalue weighted by Gasteiger charge is 2.17. The molecule has 0 radical (unpaired) electrons. The standard InChI is InChI=1S/C11H22N2O2/c12-10(8-14)11(15)13-9-6-4-2-1-3-5-7-9/h9-10,14H,1-8,12H2,(H,13,15). The van der Waals surface area contributed by atoms with Gasteiger partial charge >= 0.3 is 0 Å². The van der Waals surface area contributed by atoms with Crippen LogP contribution in [0.1, 0.15) is 44.9 Å². The summed E-state index contributed by atoms with van der Waals surface area (Å²) in [5.41, 5.74) is 5.44. The SMILES string of the molecule is NC(CO)C(=O)NC1CCCCCCC1. The largest absolute Gasteiger partial charge is 0.394 e. The van der Waals surface area contributed by atoms with Crippen LogP contribution < -0.4 is 11.1 Å². The second kappa shape index (κ2) is 6.80. The average Bonchev–Trinajstić information content (AvgIpc) is 2.20. The molecule has 1 rings (SSSR count). The second-order valence-electron chi connectivity index (χ2n) is 4.34. The van der Waals surface area contributed by atoms with E-state index >= 15 is 0 Å². The van der Waals surface area contributed by atoms with E-state index in [0.717, 1.165) is 12.8 Å². The molecule has 0 aliphatic heterocycles. The lowest BCUT2D eigenvalue weighted by molar-refractivity contribution is -0.124. The minimum Gasteiger partial charge on any atom is -0.394 e. The van der Waals surface area contributed by atoms with E-state index in [1.165, 1.54) is 32.1 Å². The Morgan fingerprint density at radius 2 is 1.80 bits per heavy atom. The van der Waals surface area contributed by atoms with Gasteiger partial charge in [0.05, 0.1) is 6.61 Å². The molecular weight excluding hydrogens is 192 g/mol. The Bertz CT molecular complexity index is 189. The van der Waals surface area contributed by atoms with E-state index in [0.29, 0.717) is 0 Å². The van der Waals surface area contributed by atoms with Crippen molar-refractivity contribution >= 4 is 5.91 Å². The van der Waals surface area contributed by atoms with Gasteiger partial charge in [-0.3, -0.25) is 4.79 Å². The van der Waals surface area contributed by atoms with Crippen molar-refractivity contribution in [3.8, 4) is 0 Å². The van der Waals surface area contributed by atoms with Crippen LogP contribution in [0, 0.1) is 0 Å². The molecule has 0 bridgehead atoms. The fourth-order valence-electron chi connectivity index (χ4n) is 1.99. The van der Waals surface area contributed by atoms with Gasteiger partial charge < -0.3 is 16.2 Å². The Balaban J connectivity index is 2.31. The maximum Gasteiger partial charge on any atom is 0.239 e. The first-order chi connectivity index (χ1) is 7.24. The lowest BCUT2D eigenvalue weighted by Gasteiger charge is -2.22. The predicted molar refractivity (Wildman–Crippen MR) is 59.3 cm³/mol. The zero-order valence-corrected chi connectivity index (χ0v) is 9.24. The summed E-state index contributed by atoms with van der Waals surface area (Å²) in [6.07, 6.45) is 8.29. The number of hydrogen-bond acceptors (Lipinski definition) is 3. The highest BCUT2D eigenvalue weighted by Crippen LogP contribution is 2.16. The summed E-state index contributed by atoms with van der Waals surface area (Å²) in [5, 5.41) is 11.7. The number of aliphatic hydroxyl groups is 1. The minimum absolute atomic E-state index is 0.219. The first kappa shape index (κ1) is 12.5. The number of carbonyl (C=O) groups is 1. The maximum absolute atomic E-state index is 11.4. The lowest BCUT2D eigenvalue weighted by Crippen LogP contribution is -2.47. The summed E-state index contributed by atoms with van der Waals surface area (Å²) in [6, 6.07) is -0.508. The van der Waals surface area contributed by atoms with Crippen molar-refractivity contribution < 1.29 is 9.90 Å². The van der Waals surface area contributed by atoms with E-state index in [1.54, 1.807) is 0 Å². The summed E-state index contributed by atoms with van der Waals surface area (Å²) >= 11 is 0. The van der Waals surface area contributed by atoms with Crippen molar-refractivity contribution in [3.63, 3.8) is 0 Å². The van der Waals surface area contributed by atoms with Gasteiger partial charge in [0.25, 0.3) is 0 Å². The monoisotopic (exact) mass is 214 g/mol. The average molecular weight is 214 g/mol. The molecule has 15 heavy (non-hydrogen) atoms. The number of amides is 1. The normalized spacial score (nSPS) is 21.5. The Hall–Kier alpha value is -0.610. The van der Waals surface area contributed by atoms with E-state index < -0.39 is 6.04 Å². The molecule has 1 amide bonds. The van der Waals surface area contributed by atoms with Crippen molar-refractivity contribution in [2.75, 3.05) is 6.61 Å². The highest BCUT2D eigenvalue weighted by atomic mass is 16.3. The molecule has 1 aliphatic carbocycles. The third-order valence-corrected chi connectivity index (χ3v) is 2.99. The lowest BCUT2D eigenvalue weighted by atomic mass is 9.96. The van der Waals surface area contributed by atoms with Crippen molar-refractivity contribution in [2.45, 2.75) is 57.0 Å². The molecule has 0 saturated heterocycles. The number of carbonyl (C=O) groups excluding carboxylic acids is 1. The smallest absolute Gasteiger partial charge is 0.239 e. The predicted octanol–water partition coefficient (Wildman–Crippen LogP) is 0.535. The summed E-state index contributed by atoms with van der Waals surface area (Å²) in [4.78, 5) is 11.4. The summed E-state index contributed by atoms with van der Waals surface area (Å²) < 4.78 is 0. The van der Waals surface area contributed by atoms with Crippen LogP contribution in [-0.2, 0) is 4.79 Å². The fraction of sp³-hybridized carbons (Fsp3) is 0.909. The first-order valence-corrected chi connectivity index (χ1v) is 5.91. The van der Waals surface area contributed by atoms with E-state index in [2.05, 4.69) is 5.32 Å². The van der Waals surface area contributed by atoms with Crippen LogP contribution >= 0.6 is 0 Å². The third kappa shape index (κ3) is 4.62. The maximum atomic E-state index is 11.4. The molecule has 1 saturated carbocycles. The molecule has 4 N–H and O–H groups in total. The van der Waals surface area contributed by atoms with Crippen molar-refractivity contribution in [1.29, 1.82) is 0 Å². The Morgan fingerprint density at radius 1 is 1.27 bits per heavy atom. The zero-order valence-electron chi connectivity index (χ0n) is 9.24. The van der Waals surface area contributed by atoms with E-state index in [1.807, 2.05) is 0 Å². The van der Waals surface area contributed by atoms with Gasteiger partial charge in [0.2, 0.25) is 5.91 Å². The Kier molecular flexibility index (Phi) is 5.65. The number of hydrogen-bond donors (Lipinski definition) is 3. The van der Waals surface area contributed by atoms with Crippen molar-refractivity contribution in [2.24, 2.45) is 5.73 Å². The number of nitrogens with two attached hydrogens (primary N) is 1. The second-order valence-corrected chi connectivity index (χ2v) is 4.34. The first-order valence-electron chi connectivity index (χ1n) is 5.91. The van der Waals surface area contributed by atoms with Gasteiger partial charge in [0.1, 0.15) is 6.04 Å². The molecule has 0 spiro atoms. The van der Waals surface area contributed by atoms with E-state index in [-0.39, 0.29) is 18.6 Å². The molecule has 0 aromatic rings. The number of nitrogens with one attached hydrogen (secondary N) is 1. The van der Waals surface area contributed by atoms with Gasteiger partial charge in [-0.2, -0.15) is 0 Å². The molecule has 1 atom stereocenters. The van der Waals surface area contributed by atoms with Gasteiger partial charge in [0, 0.05) is 6.04 Å². The molecular formula is C11H22N2O2. The molecule has 1 unspecified atom stereocenters. The minimum atomic E-state index is -0.768. The summed E-state index contributed by atoms with van der Waals surface area (Å²) in [7, 11) is 0. The molecule has 0 aromatic carbocycles. The van der Waals surface area contributed by atoms with Crippen LogP contribution in [0.3, 0.4) is 0 Å². The van der Waals surface area contributed by atoms with E-state index in [4.69, 9.17) is 10.8 Å². The summed E-state index contributed by atoms with van der Waals surface area (Å²) in [5.74, 6) is -0.219. The Labute approximate surface area is 91.2 Å². The van der Waals surface area contributed by atoms with Crippen LogP contribution in [0.15, 0.2) is 0 Å². The van der Waals surface area contributed by atoms with Crippen molar-refractivity contribution in [3.05, 3.63) is 0 Å². The Morgan fingerprint density at radius 3 is 2.33 bits per heavy atom. The topological polar surface area (TPSA) is 75.3 Å². The molecule has 88 valence electrons. The molecule has 1 aliphatic rings. The molecule has 4 nitrogen and oxygen atoms in total. The van der Waals surface area contributed by atoms with Gasteiger partial charge in [-0.1, -0.05) is 32.1 Å². The molecule has 0 heterocycles. The third-order valence-electron chi connectivity index (χ3n) is 2.99. The van der Waals surface area contributed by atoms with Gasteiger partial charge in [-0.15, -0.1) is 0 Å². The van der Waals surface area contributed by atoms with Crippen LogP contribution in [0.2, 0.25) is 0 Å². The zero-order chi connectivity index (χ0) is 11.1. The highest BCUT2D eigenvalue weighted by molar-refractivity contribution is 5.81. The van der Waals surface area contributed by atoms with E-state index in [9.17, 15) is 4.79 Å². The van der Waals surface area contributed by atoms with Crippen molar-refractivity contribution in [1.82, 2.24) is 5.32 Å². The van der Waals surface area contributed by atoms with Gasteiger partial charge in [0.15, 0.2) is 0 Å². The number of aliphatic hydroxyl groups excluding tert-OH is 1. The number of rotatable bonds is 3.